The molecule has 180 valence electrons. The first kappa shape index (κ1) is 24.4. The summed E-state index contributed by atoms with van der Waals surface area (Å²) in [6.45, 7) is 1.91. The maximum absolute atomic E-state index is 13.2. The van der Waals surface area contributed by atoms with Crippen LogP contribution in [0.4, 0.5) is 5.69 Å². The number of sulfonamides is 1. The number of likely N-dealkylation sites (tertiary alicyclic amines) is 1. The fourth-order valence-corrected chi connectivity index (χ4v) is 7.19. The van der Waals surface area contributed by atoms with E-state index in [9.17, 15) is 18.0 Å². The molecular weight excluding hydrogens is 472 g/mol. The predicted octanol–water partition coefficient (Wildman–Crippen LogP) is 3.68. The van der Waals surface area contributed by atoms with Crippen molar-refractivity contribution < 1.29 is 18.0 Å². The summed E-state index contributed by atoms with van der Waals surface area (Å²) < 4.78 is 27.9. The van der Waals surface area contributed by atoms with Gasteiger partial charge in [-0.1, -0.05) is 18.9 Å². The summed E-state index contributed by atoms with van der Waals surface area (Å²) in [6, 6.07) is 10.2. The van der Waals surface area contributed by atoms with Gasteiger partial charge in [0.15, 0.2) is 0 Å². The molecule has 0 aliphatic carbocycles. The van der Waals surface area contributed by atoms with E-state index in [0.29, 0.717) is 42.7 Å². The minimum atomic E-state index is -3.72. The van der Waals surface area contributed by atoms with Crippen LogP contribution in [0, 0.1) is 17.2 Å². The number of piperidine rings is 1. The van der Waals surface area contributed by atoms with Crippen molar-refractivity contribution in [1.82, 2.24) is 9.21 Å². The molecule has 0 spiro atoms. The summed E-state index contributed by atoms with van der Waals surface area (Å²) in [5.74, 6) is -0.579. The fraction of sp³-hybridized carbons (Fsp3) is 0.458. The summed E-state index contributed by atoms with van der Waals surface area (Å²) in [4.78, 5) is 27.3. The number of carbonyl (C=O) groups excluding carboxylic acids is 2. The maximum Gasteiger partial charge on any atom is 0.254 e. The fourth-order valence-electron chi connectivity index (χ4n) is 4.42. The Labute approximate surface area is 204 Å². The lowest BCUT2D eigenvalue weighted by atomic mass is 9.97. The number of nitriles is 1. The number of anilines is 1. The van der Waals surface area contributed by atoms with Gasteiger partial charge >= 0.3 is 0 Å². The van der Waals surface area contributed by atoms with Crippen LogP contribution in [0.25, 0.3) is 0 Å². The minimum Gasteiger partial charge on any atom is -0.339 e. The zero-order valence-electron chi connectivity index (χ0n) is 18.9. The van der Waals surface area contributed by atoms with E-state index in [4.69, 9.17) is 5.26 Å². The number of carbonyl (C=O) groups is 2. The van der Waals surface area contributed by atoms with Crippen LogP contribution in [0.15, 0.2) is 39.9 Å². The lowest BCUT2D eigenvalue weighted by Gasteiger charge is -2.30. The Morgan fingerprint density at radius 2 is 1.74 bits per heavy atom. The summed E-state index contributed by atoms with van der Waals surface area (Å²) in [6.07, 6.45) is 5.02. The number of hydrogen-bond donors (Lipinski definition) is 1. The van der Waals surface area contributed by atoms with Gasteiger partial charge in [0.05, 0.1) is 17.2 Å². The number of nitrogens with one attached hydrogen (secondary N) is 1. The molecule has 2 amide bonds. The molecule has 2 aliphatic heterocycles. The molecule has 4 rings (SSSR count). The quantitative estimate of drug-likeness (QED) is 0.673. The lowest BCUT2D eigenvalue weighted by Crippen LogP contribution is -2.41. The minimum absolute atomic E-state index is 0.101. The second kappa shape index (κ2) is 10.7. The average molecular weight is 501 g/mol. The molecule has 1 aromatic heterocycles. The van der Waals surface area contributed by atoms with Crippen LogP contribution in [-0.2, 0) is 14.8 Å². The highest BCUT2D eigenvalue weighted by atomic mass is 32.2. The second-order valence-corrected chi connectivity index (χ2v) is 11.8. The Morgan fingerprint density at radius 1 is 1.03 bits per heavy atom. The highest BCUT2D eigenvalue weighted by Gasteiger charge is 2.33. The molecule has 3 heterocycles. The number of nitrogens with zero attached hydrogens (tertiary/aromatic N) is 3. The highest BCUT2D eigenvalue weighted by Crippen LogP contribution is 2.29. The van der Waals surface area contributed by atoms with Gasteiger partial charge in [0.25, 0.3) is 15.9 Å². The normalized spacial score (nSPS) is 18.1. The molecule has 2 aliphatic rings. The van der Waals surface area contributed by atoms with Gasteiger partial charge in [-0.05, 0) is 49.9 Å². The maximum atomic E-state index is 13.2. The van der Waals surface area contributed by atoms with Gasteiger partial charge in [-0.25, -0.2) is 8.42 Å². The van der Waals surface area contributed by atoms with Gasteiger partial charge in [-0.15, -0.1) is 11.3 Å². The molecule has 2 saturated heterocycles. The number of rotatable bonds is 5. The Hall–Kier alpha value is -2.74. The third-order valence-electron chi connectivity index (χ3n) is 6.39. The third-order valence-corrected chi connectivity index (χ3v) is 9.71. The molecule has 34 heavy (non-hydrogen) atoms. The van der Waals surface area contributed by atoms with Crippen LogP contribution in [0.1, 0.15) is 54.4 Å². The SMILES string of the molecule is N#Cc1cccc(NC(=O)C2CCN(S(=O)(=O)c3cc(C(=O)N4CCCCCC4)cs3)CC2)c1. The van der Waals surface area contributed by atoms with E-state index in [0.717, 1.165) is 37.0 Å². The van der Waals surface area contributed by atoms with E-state index in [2.05, 4.69) is 5.32 Å². The Kier molecular flexibility index (Phi) is 7.66. The zero-order valence-corrected chi connectivity index (χ0v) is 20.5. The number of hydrogen-bond acceptors (Lipinski definition) is 6. The van der Waals surface area contributed by atoms with Crippen LogP contribution in [0.2, 0.25) is 0 Å². The lowest BCUT2D eigenvalue weighted by molar-refractivity contribution is -0.120. The molecular formula is C24H28N4O4S2. The smallest absolute Gasteiger partial charge is 0.254 e. The summed E-state index contributed by atoms with van der Waals surface area (Å²) >= 11 is 1.08. The van der Waals surface area contributed by atoms with Gasteiger partial charge < -0.3 is 10.2 Å². The van der Waals surface area contributed by atoms with Crippen LogP contribution < -0.4 is 5.32 Å². The molecule has 8 nitrogen and oxygen atoms in total. The number of amides is 2. The van der Waals surface area contributed by atoms with Crippen LogP contribution in [0.5, 0.6) is 0 Å². The van der Waals surface area contributed by atoms with Gasteiger partial charge in [-0.3, -0.25) is 9.59 Å². The van der Waals surface area contributed by atoms with Gasteiger partial charge in [0, 0.05) is 43.2 Å². The molecule has 0 atom stereocenters. The van der Waals surface area contributed by atoms with E-state index in [1.54, 1.807) is 29.6 Å². The highest BCUT2D eigenvalue weighted by molar-refractivity contribution is 7.91. The van der Waals surface area contributed by atoms with Crippen molar-refractivity contribution in [1.29, 1.82) is 5.26 Å². The summed E-state index contributed by atoms with van der Waals surface area (Å²) in [5, 5.41) is 13.5. The first-order valence-corrected chi connectivity index (χ1v) is 13.9. The van der Waals surface area contributed by atoms with Crippen molar-refractivity contribution in [2.24, 2.45) is 5.92 Å². The Morgan fingerprint density at radius 3 is 2.41 bits per heavy atom. The second-order valence-electron chi connectivity index (χ2n) is 8.72. The van der Waals surface area contributed by atoms with Crippen molar-refractivity contribution in [2.45, 2.75) is 42.7 Å². The van der Waals surface area contributed by atoms with E-state index in [1.165, 1.54) is 10.4 Å². The van der Waals surface area contributed by atoms with Crippen LogP contribution in [0.3, 0.4) is 0 Å². The van der Waals surface area contributed by atoms with Gasteiger partial charge in [0.2, 0.25) is 5.91 Å². The zero-order chi connectivity index (χ0) is 24.1. The molecule has 0 saturated carbocycles. The molecule has 0 unspecified atom stereocenters. The van der Waals surface area contributed by atoms with Gasteiger partial charge in [0.1, 0.15) is 4.21 Å². The molecule has 10 heteroatoms. The topological polar surface area (TPSA) is 111 Å². The van der Waals surface area contributed by atoms with E-state index >= 15 is 0 Å². The molecule has 0 bridgehead atoms. The van der Waals surface area contributed by atoms with Gasteiger partial charge in [-0.2, -0.15) is 9.57 Å². The first-order chi connectivity index (χ1) is 16.4. The monoisotopic (exact) mass is 500 g/mol. The number of benzene rings is 1. The predicted molar refractivity (Wildman–Crippen MR) is 130 cm³/mol. The van der Waals surface area contributed by atoms with Crippen molar-refractivity contribution in [3.05, 3.63) is 46.8 Å². The molecule has 2 fully saturated rings. The van der Waals surface area contributed by atoms with E-state index in [1.807, 2.05) is 11.0 Å². The molecule has 2 aromatic rings. The summed E-state index contributed by atoms with van der Waals surface area (Å²) in [7, 11) is -3.72. The van der Waals surface area contributed by atoms with Crippen molar-refractivity contribution in [3.63, 3.8) is 0 Å². The Bertz CT molecular complexity index is 1190. The molecule has 1 N–H and O–H groups in total. The van der Waals surface area contributed by atoms with E-state index in [-0.39, 0.29) is 35.0 Å². The van der Waals surface area contributed by atoms with Crippen LogP contribution >= 0.6 is 11.3 Å². The van der Waals surface area contributed by atoms with Crippen molar-refractivity contribution >= 4 is 38.9 Å². The largest absolute Gasteiger partial charge is 0.339 e. The molecule has 0 radical (unpaired) electrons. The first-order valence-electron chi connectivity index (χ1n) is 11.6. The van der Waals surface area contributed by atoms with Crippen molar-refractivity contribution in [2.75, 3.05) is 31.5 Å². The summed E-state index contributed by atoms with van der Waals surface area (Å²) in [5.41, 5.74) is 1.45. The number of thiophene rings is 1. The van der Waals surface area contributed by atoms with Crippen LogP contribution in [-0.4, -0.2) is 55.6 Å². The third kappa shape index (κ3) is 5.49. The Balaban J connectivity index is 1.36. The average Bonchev–Trinajstić information content (AvgIpc) is 3.21. The molecule has 1 aromatic carbocycles. The van der Waals surface area contributed by atoms with E-state index < -0.39 is 10.0 Å². The van der Waals surface area contributed by atoms with Crippen molar-refractivity contribution in [3.8, 4) is 6.07 Å². The standard InChI is InChI=1S/C24H28N4O4S2/c25-16-18-6-5-7-21(14-18)26-23(29)19-8-12-28(13-9-19)34(31,32)22-15-20(17-33-22)24(30)27-10-3-1-2-4-11-27/h5-7,14-15,17,19H,1-4,8-13H2,(H,26,29).